The number of thioether (sulfide) groups is 1. The first-order valence-corrected chi connectivity index (χ1v) is 10.6. The Kier molecular flexibility index (Phi) is 6.57. The zero-order chi connectivity index (χ0) is 20.1. The maximum atomic E-state index is 13.0. The highest BCUT2D eigenvalue weighted by Gasteiger charge is 2.39. The number of hydrogen-bond acceptors (Lipinski definition) is 5. The number of ketones is 1. The van der Waals surface area contributed by atoms with E-state index in [0.29, 0.717) is 6.42 Å². The van der Waals surface area contributed by atoms with Gasteiger partial charge in [0, 0.05) is 24.0 Å². The van der Waals surface area contributed by atoms with Crippen LogP contribution in [-0.4, -0.2) is 34.5 Å². The molecule has 2 aromatic rings. The molecule has 1 heterocycles. The van der Waals surface area contributed by atoms with Gasteiger partial charge in [-0.3, -0.25) is 4.79 Å². The van der Waals surface area contributed by atoms with Gasteiger partial charge in [0.1, 0.15) is 5.57 Å². The Balaban J connectivity index is 1.87. The van der Waals surface area contributed by atoms with Gasteiger partial charge < -0.3 is 9.84 Å². The second kappa shape index (κ2) is 9.11. The largest absolute Gasteiger partial charge is 0.507 e. The van der Waals surface area contributed by atoms with E-state index < -0.39 is 12.1 Å². The molecule has 1 aliphatic heterocycles. The van der Waals surface area contributed by atoms with Crippen LogP contribution < -0.4 is 0 Å². The summed E-state index contributed by atoms with van der Waals surface area (Å²) >= 11 is 1.62. The average Bonchev–Trinajstić information content (AvgIpc) is 3.00. The molecular formula is C23H24O4S. The molecule has 2 unspecified atom stereocenters. The fraction of sp³-hybridized carbons (Fsp3) is 0.304. The highest BCUT2D eigenvalue weighted by molar-refractivity contribution is 7.99. The van der Waals surface area contributed by atoms with Crippen molar-refractivity contribution in [1.29, 1.82) is 0 Å². The van der Waals surface area contributed by atoms with Crippen LogP contribution in [0.15, 0.2) is 72.0 Å². The van der Waals surface area contributed by atoms with E-state index in [-0.39, 0.29) is 34.7 Å². The number of ether oxygens (including phenoxy) is 1. The number of carbonyl (C=O) groups excluding carboxylic acids is 2. The minimum absolute atomic E-state index is 0.0906. The summed E-state index contributed by atoms with van der Waals surface area (Å²) in [5.74, 6) is -1.54. The van der Waals surface area contributed by atoms with Gasteiger partial charge in [-0.15, -0.1) is 0 Å². The fourth-order valence-electron chi connectivity index (χ4n) is 3.41. The van der Waals surface area contributed by atoms with Crippen molar-refractivity contribution in [2.24, 2.45) is 0 Å². The summed E-state index contributed by atoms with van der Waals surface area (Å²) in [6.07, 6.45) is 1.79. The molecule has 0 saturated heterocycles. The third-order valence-electron chi connectivity index (χ3n) is 5.04. The number of aliphatic hydroxyl groups is 1. The Labute approximate surface area is 169 Å². The van der Waals surface area contributed by atoms with Gasteiger partial charge in [0.15, 0.2) is 17.6 Å². The third-order valence-corrected chi connectivity index (χ3v) is 6.03. The molecule has 1 aliphatic rings. The van der Waals surface area contributed by atoms with Crippen LogP contribution in [0.4, 0.5) is 0 Å². The molecule has 4 nitrogen and oxygen atoms in total. The topological polar surface area (TPSA) is 63.6 Å². The molecule has 28 heavy (non-hydrogen) atoms. The summed E-state index contributed by atoms with van der Waals surface area (Å²) in [4.78, 5) is 25.3. The van der Waals surface area contributed by atoms with Gasteiger partial charge in [-0.1, -0.05) is 67.6 Å². The second-order valence-electron chi connectivity index (χ2n) is 6.94. The van der Waals surface area contributed by atoms with Crippen LogP contribution in [0.3, 0.4) is 0 Å². The summed E-state index contributed by atoms with van der Waals surface area (Å²) in [6.45, 7) is 1.99. The van der Waals surface area contributed by atoms with E-state index in [9.17, 15) is 14.7 Å². The average molecular weight is 397 g/mol. The van der Waals surface area contributed by atoms with E-state index >= 15 is 0 Å². The summed E-state index contributed by atoms with van der Waals surface area (Å²) in [5, 5.41) is 10.7. The minimum Gasteiger partial charge on any atom is -0.507 e. The third kappa shape index (κ3) is 4.47. The molecule has 0 amide bonds. The SMILES string of the molecule is CSC(C)CC1OC(=O)C(C(=O)CC(c2ccccc2)c2ccccc2)=C1O. The van der Waals surface area contributed by atoms with Gasteiger partial charge in [0.05, 0.1) is 0 Å². The summed E-state index contributed by atoms with van der Waals surface area (Å²) < 4.78 is 5.28. The molecule has 0 radical (unpaired) electrons. The van der Waals surface area contributed by atoms with Crippen LogP contribution in [-0.2, 0) is 14.3 Å². The van der Waals surface area contributed by atoms with Gasteiger partial charge in [-0.2, -0.15) is 11.8 Å². The standard InChI is InChI=1S/C23H24O4S/c1-15(28-2)13-20-22(25)21(23(26)27-20)19(24)14-18(16-9-5-3-6-10-16)17-11-7-4-8-12-17/h3-12,15,18,20,25H,13-14H2,1-2H3. The van der Waals surface area contributed by atoms with E-state index in [2.05, 4.69) is 0 Å². The predicted molar refractivity (Wildman–Crippen MR) is 111 cm³/mol. The highest BCUT2D eigenvalue weighted by Crippen LogP contribution is 2.33. The number of carbonyl (C=O) groups is 2. The monoisotopic (exact) mass is 396 g/mol. The number of rotatable bonds is 8. The fourth-order valence-corrected chi connectivity index (χ4v) is 3.78. The molecule has 146 valence electrons. The molecule has 0 aromatic heterocycles. The van der Waals surface area contributed by atoms with Crippen molar-refractivity contribution in [3.05, 3.63) is 83.1 Å². The molecule has 1 N–H and O–H groups in total. The summed E-state index contributed by atoms with van der Waals surface area (Å²) in [6, 6.07) is 19.4. The van der Waals surface area contributed by atoms with Crippen molar-refractivity contribution in [3.8, 4) is 0 Å². The van der Waals surface area contributed by atoms with Gasteiger partial charge in [0.25, 0.3) is 0 Å². The zero-order valence-electron chi connectivity index (χ0n) is 16.0. The lowest BCUT2D eigenvalue weighted by molar-refractivity contribution is -0.141. The number of Topliss-reactive ketones (excluding diaryl/α,β-unsaturated/α-hetero) is 1. The zero-order valence-corrected chi connectivity index (χ0v) is 16.8. The van der Waals surface area contributed by atoms with Gasteiger partial charge in [0.2, 0.25) is 0 Å². The van der Waals surface area contributed by atoms with Crippen LogP contribution in [0, 0.1) is 0 Å². The number of benzene rings is 2. The smallest absolute Gasteiger partial charge is 0.346 e. The number of esters is 1. The molecule has 3 rings (SSSR count). The Morgan fingerprint density at radius 3 is 2.11 bits per heavy atom. The van der Waals surface area contributed by atoms with E-state index in [0.717, 1.165) is 11.1 Å². The van der Waals surface area contributed by atoms with Crippen molar-refractivity contribution < 1.29 is 19.4 Å². The quantitative estimate of drug-likeness (QED) is 0.519. The van der Waals surface area contributed by atoms with Gasteiger partial charge in [-0.25, -0.2) is 4.79 Å². The molecule has 2 aromatic carbocycles. The molecule has 2 atom stereocenters. The number of hydrogen-bond donors (Lipinski definition) is 1. The molecular weight excluding hydrogens is 372 g/mol. The van der Waals surface area contributed by atoms with Crippen molar-refractivity contribution >= 4 is 23.5 Å². The number of aliphatic hydroxyl groups excluding tert-OH is 1. The lowest BCUT2D eigenvalue weighted by Crippen LogP contribution is -2.16. The van der Waals surface area contributed by atoms with Gasteiger partial charge in [-0.05, 0) is 17.4 Å². The summed E-state index contributed by atoms with van der Waals surface area (Å²) in [5.41, 5.74) is 1.78. The lowest BCUT2D eigenvalue weighted by atomic mass is 9.85. The Morgan fingerprint density at radius 1 is 1.07 bits per heavy atom. The van der Waals surface area contributed by atoms with Gasteiger partial charge >= 0.3 is 5.97 Å². The molecule has 0 fully saturated rings. The van der Waals surface area contributed by atoms with Crippen molar-refractivity contribution in [3.63, 3.8) is 0 Å². The van der Waals surface area contributed by atoms with Crippen LogP contribution in [0.1, 0.15) is 36.8 Å². The maximum Gasteiger partial charge on any atom is 0.346 e. The molecule has 0 spiro atoms. The van der Waals surface area contributed by atoms with Crippen LogP contribution >= 0.6 is 11.8 Å². The first-order chi connectivity index (χ1) is 13.5. The predicted octanol–water partition coefficient (Wildman–Crippen LogP) is 4.66. The molecule has 5 heteroatoms. The Bertz CT molecular complexity index is 821. The second-order valence-corrected chi connectivity index (χ2v) is 8.21. The number of cyclic esters (lactones) is 1. The first-order valence-electron chi connectivity index (χ1n) is 9.31. The lowest BCUT2D eigenvalue weighted by Gasteiger charge is -2.17. The minimum atomic E-state index is -0.735. The molecule has 0 saturated carbocycles. The molecule has 0 bridgehead atoms. The van der Waals surface area contributed by atoms with Crippen LogP contribution in [0.25, 0.3) is 0 Å². The molecule has 0 aliphatic carbocycles. The van der Waals surface area contributed by atoms with E-state index in [1.165, 1.54) is 0 Å². The summed E-state index contributed by atoms with van der Waals surface area (Å²) in [7, 11) is 0. The Hall–Kier alpha value is -2.53. The van der Waals surface area contributed by atoms with Crippen molar-refractivity contribution in [2.45, 2.75) is 37.0 Å². The van der Waals surface area contributed by atoms with Crippen LogP contribution in [0.5, 0.6) is 0 Å². The van der Waals surface area contributed by atoms with E-state index in [1.807, 2.05) is 73.8 Å². The van der Waals surface area contributed by atoms with Crippen molar-refractivity contribution in [1.82, 2.24) is 0 Å². The van der Waals surface area contributed by atoms with E-state index in [1.54, 1.807) is 11.8 Å². The normalized spacial score (nSPS) is 17.7. The van der Waals surface area contributed by atoms with Crippen molar-refractivity contribution in [2.75, 3.05) is 6.26 Å². The highest BCUT2D eigenvalue weighted by atomic mass is 32.2. The Morgan fingerprint density at radius 2 is 1.61 bits per heavy atom. The first kappa shape index (κ1) is 20.2. The van der Waals surface area contributed by atoms with Crippen LogP contribution in [0.2, 0.25) is 0 Å². The maximum absolute atomic E-state index is 13.0. The van der Waals surface area contributed by atoms with E-state index in [4.69, 9.17) is 4.74 Å².